The van der Waals surface area contributed by atoms with Crippen molar-refractivity contribution in [1.82, 2.24) is 10.3 Å². The first-order valence-corrected chi connectivity index (χ1v) is 6.71. The number of carboxylic acid groups (broad SMARTS) is 1. The van der Waals surface area contributed by atoms with Gasteiger partial charge < -0.3 is 15.7 Å². The van der Waals surface area contributed by atoms with Gasteiger partial charge in [-0.2, -0.15) is 0 Å². The van der Waals surface area contributed by atoms with Gasteiger partial charge in [0.25, 0.3) is 0 Å². The largest absolute Gasteiger partial charge is 0.476 e. The monoisotopic (exact) mass is 285 g/mol. The summed E-state index contributed by atoms with van der Waals surface area (Å²) in [7, 11) is 0. The van der Waals surface area contributed by atoms with Crippen LogP contribution in [-0.2, 0) is 4.79 Å². The zero-order valence-corrected chi connectivity index (χ0v) is 12.5. The van der Waals surface area contributed by atoms with Crippen molar-refractivity contribution in [3.05, 3.63) is 10.6 Å². The van der Waals surface area contributed by atoms with Crippen LogP contribution in [0.1, 0.15) is 43.1 Å². The predicted molar refractivity (Wildman–Crippen MR) is 74.8 cm³/mol. The number of aromatic carboxylic acids is 1. The fraction of sp³-hybridized carbons (Fsp3) is 0.583. The van der Waals surface area contributed by atoms with E-state index in [1.54, 1.807) is 13.8 Å². The topological polar surface area (TPSA) is 91.3 Å². The molecule has 0 aliphatic heterocycles. The van der Waals surface area contributed by atoms with Gasteiger partial charge in [0.05, 0.1) is 0 Å². The Morgan fingerprint density at radius 2 is 1.95 bits per heavy atom. The Bertz CT molecular complexity index is 491. The lowest BCUT2D eigenvalue weighted by Crippen LogP contribution is -2.47. The van der Waals surface area contributed by atoms with Crippen molar-refractivity contribution >= 4 is 28.3 Å². The minimum absolute atomic E-state index is 0.0240. The highest BCUT2D eigenvalue weighted by molar-refractivity contribution is 7.15. The maximum absolute atomic E-state index is 11.9. The summed E-state index contributed by atoms with van der Waals surface area (Å²) in [5.41, 5.74) is -0.283. The van der Waals surface area contributed by atoms with Crippen LogP contribution in [-0.4, -0.2) is 33.5 Å². The van der Waals surface area contributed by atoms with Crippen molar-refractivity contribution in [3.63, 3.8) is 0 Å². The van der Waals surface area contributed by atoms with Crippen LogP contribution in [0.25, 0.3) is 0 Å². The van der Waals surface area contributed by atoms with Gasteiger partial charge in [-0.3, -0.25) is 4.79 Å². The van der Waals surface area contributed by atoms with Crippen molar-refractivity contribution in [1.29, 1.82) is 0 Å². The summed E-state index contributed by atoms with van der Waals surface area (Å²) in [6.45, 7) is 9.08. The van der Waals surface area contributed by atoms with Crippen LogP contribution in [0.3, 0.4) is 0 Å². The smallest absolute Gasteiger partial charge is 0.355 e. The summed E-state index contributed by atoms with van der Waals surface area (Å²) < 4.78 is 0. The number of anilines is 1. The van der Waals surface area contributed by atoms with Gasteiger partial charge in [0.2, 0.25) is 5.91 Å². The number of aryl methyl sites for hydroxylation is 1. The Kier molecular flexibility index (Phi) is 4.52. The van der Waals surface area contributed by atoms with E-state index in [4.69, 9.17) is 5.11 Å². The molecule has 1 aromatic heterocycles. The summed E-state index contributed by atoms with van der Waals surface area (Å²) in [4.78, 5) is 27.3. The maximum Gasteiger partial charge on any atom is 0.355 e. The van der Waals surface area contributed by atoms with Crippen LogP contribution in [0.4, 0.5) is 5.13 Å². The molecule has 0 saturated carbocycles. The van der Waals surface area contributed by atoms with Crippen molar-refractivity contribution in [2.75, 3.05) is 5.32 Å². The molecule has 0 radical (unpaired) electrons. The van der Waals surface area contributed by atoms with Gasteiger partial charge in [0, 0.05) is 10.4 Å². The van der Waals surface area contributed by atoms with Crippen LogP contribution in [0, 0.1) is 6.92 Å². The van der Waals surface area contributed by atoms with Crippen molar-refractivity contribution in [3.8, 4) is 0 Å². The molecule has 19 heavy (non-hydrogen) atoms. The van der Waals surface area contributed by atoms with E-state index in [0.29, 0.717) is 10.0 Å². The lowest BCUT2D eigenvalue weighted by Gasteiger charge is -2.23. The first-order valence-electron chi connectivity index (χ1n) is 5.89. The van der Waals surface area contributed by atoms with E-state index in [2.05, 4.69) is 15.6 Å². The predicted octanol–water partition coefficient (Wildman–Crippen LogP) is 1.86. The molecule has 106 valence electrons. The second kappa shape index (κ2) is 5.56. The molecule has 1 atom stereocenters. The minimum atomic E-state index is -1.06. The van der Waals surface area contributed by atoms with Gasteiger partial charge in [0.15, 0.2) is 10.8 Å². The van der Waals surface area contributed by atoms with E-state index in [1.165, 1.54) is 11.3 Å². The number of amides is 1. The molecule has 0 bridgehead atoms. The molecule has 6 nitrogen and oxygen atoms in total. The highest BCUT2D eigenvalue weighted by Crippen LogP contribution is 2.22. The Labute approximate surface area is 116 Å². The number of hydrogen-bond donors (Lipinski definition) is 3. The van der Waals surface area contributed by atoms with Crippen molar-refractivity contribution in [2.45, 2.75) is 46.2 Å². The summed E-state index contributed by atoms with van der Waals surface area (Å²) in [6, 6.07) is -0.480. The van der Waals surface area contributed by atoms with E-state index in [1.807, 2.05) is 20.8 Å². The molecule has 1 rings (SSSR count). The molecular formula is C12H19N3O3S. The highest BCUT2D eigenvalue weighted by Gasteiger charge is 2.21. The van der Waals surface area contributed by atoms with Crippen LogP contribution in [0.2, 0.25) is 0 Å². The molecule has 1 unspecified atom stereocenters. The first kappa shape index (κ1) is 15.4. The summed E-state index contributed by atoms with van der Waals surface area (Å²) >= 11 is 1.22. The molecule has 1 amide bonds. The molecule has 0 spiro atoms. The van der Waals surface area contributed by atoms with Gasteiger partial charge >= 0.3 is 5.97 Å². The van der Waals surface area contributed by atoms with Crippen LogP contribution >= 0.6 is 11.3 Å². The van der Waals surface area contributed by atoms with E-state index in [0.717, 1.165) is 0 Å². The Balaban J connectivity index is 2.72. The second-order valence-electron chi connectivity index (χ2n) is 5.33. The lowest BCUT2D eigenvalue weighted by atomic mass is 10.1. The number of nitrogens with one attached hydrogen (secondary N) is 2. The molecule has 0 aliphatic rings. The zero-order valence-electron chi connectivity index (χ0n) is 11.7. The van der Waals surface area contributed by atoms with Gasteiger partial charge in [-0.05, 0) is 34.6 Å². The molecule has 7 heteroatoms. The Morgan fingerprint density at radius 1 is 1.37 bits per heavy atom. The number of carbonyl (C=O) groups excluding carboxylic acids is 1. The van der Waals surface area contributed by atoms with E-state index < -0.39 is 12.0 Å². The van der Waals surface area contributed by atoms with Gasteiger partial charge in [0.1, 0.15) is 6.04 Å². The average molecular weight is 285 g/mol. The number of nitrogens with zero attached hydrogens (tertiary/aromatic N) is 1. The highest BCUT2D eigenvalue weighted by atomic mass is 32.1. The normalized spacial score (nSPS) is 12.9. The minimum Gasteiger partial charge on any atom is -0.476 e. The Hall–Kier alpha value is -1.63. The number of hydrogen-bond acceptors (Lipinski definition) is 5. The van der Waals surface area contributed by atoms with Crippen LogP contribution in [0.5, 0.6) is 0 Å². The number of thiazole rings is 1. The third-order valence-electron chi connectivity index (χ3n) is 2.23. The summed E-state index contributed by atoms with van der Waals surface area (Å²) in [5.74, 6) is -1.22. The standard InChI is InChI=1S/C12H19N3O3S/c1-6(9(16)15-12(3,4)5)13-11-14-8(10(17)18)7(2)19-11/h6H,1-5H3,(H,13,14)(H,15,16)(H,17,18). The molecule has 0 fully saturated rings. The van der Waals surface area contributed by atoms with Crippen LogP contribution in [0.15, 0.2) is 0 Å². The third-order valence-corrected chi connectivity index (χ3v) is 3.13. The molecule has 1 heterocycles. The first-order chi connectivity index (χ1) is 8.60. The number of carbonyl (C=O) groups is 2. The summed E-state index contributed by atoms with van der Waals surface area (Å²) in [6.07, 6.45) is 0. The zero-order chi connectivity index (χ0) is 14.8. The lowest BCUT2D eigenvalue weighted by molar-refractivity contribution is -0.122. The van der Waals surface area contributed by atoms with Crippen molar-refractivity contribution in [2.24, 2.45) is 0 Å². The fourth-order valence-corrected chi connectivity index (χ4v) is 2.28. The molecule has 0 saturated heterocycles. The van der Waals surface area contributed by atoms with Gasteiger partial charge in [-0.15, -0.1) is 11.3 Å². The van der Waals surface area contributed by atoms with Gasteiger partial charge in [-0.25, -0.2) is 9.78 Å². The number of rotatable bonds is 4. The number of carboxylic acids is 1. The Morgan fingerprint density at radius 3 is 2.37 bits per heavy atom. The molecule has 3 N–H and O–H groups in total. The summed E-state index contributed by atoms with van der Waals surface area (Å²) in [5, 5.41) is 15.1. The van der Waals surface area contributed by atoms with Crippen LogP contribution < -0.4 is 10.6 Å². The third kappa shape index (κ3) is 4.51. The van der Waals surface area contributed by atoms with E-state index in [9.17, 15) is 9.59 Å². The number of aromatic nitrogens is 1. The fourth-order valence-electron chi connectivity index (χ4n) is 1.39. The van der Waals surface area contributed by atoms with E-state index >= 15 is 0 Å². The molecular weight excluding hydrogens is 266 g/mol. The average Bonchev–Trinajstić information content (AvgIpc) is 2.56. The second-order valence-corrected chi connectivity index (χ2v) is 6.54. The molecule has 1 aromatic rings. The van der Waals surface area contributed by atoms with E-state index in [-0.39, 0.29) is 17.1 Å². The molecule has 0 aromatic carbocycles. The van der Waals surface area contributed by atoms with Gasteiger partial charge in [-0.1, -0.05) is 0 Å². The van der Waals surface area contributed by atoms with Crippen molar-refractivity contribution < 1.29 is 14.7 Å². The maximum atomic E-state index is 11.9. The SMILES string of the molecule is Cc1sc(NC(C)C(=O)NC(C)(C)C)nc1C(=O)O. The quantitative estimate of drug-likeness (QED) is 0.785. The molecule has 0 aliphatic carbocycles.